The van der Waals surface area contributed by atoms with Gasteiger partial charge >= 0.3 is 11.9 Å². The molecule has 0 atom stereocenters. The highest BCUT2D eigenvalue weighted by atomic mass is 32.2. The molecule has 0 aliphatic heterocycles. The summed E-state index contributed by atoms with van der Waals surface area (Å²) in [5.74, 6) is -1.88. The van der Waals surface area contributed by atoms with E-state index in [1.165, 1.54) is 12.1 Å². The molecule has 0 heterocycles. The first-order chi connectivity index (χ1) is 30.1. The normalized spacial score (nSPS) is 11.2. The Kier molecular flexibility index (Phi) is 17.0. The number of hydrogen-bond donors (Lipinski definition) is 4. The Morgan fingerprint density at radius 3 is 1.60 bits per heavy atom. The molecule has 0 saturated heterocycles. The van der Waals surface area contributed by atoms with Gasteiger partial charge in [-0.1, -0.05) is 80.1 Å². The molecule has 0 saturated carbocycles. The van der Waals surface area contributed by atoms with E-state index in [1.54, 1.807) is 91.9 Å². The van der Waals surface area contributed by atoms with Crippen LogP contribution in [0.3, 0.4) is 0 Å². The van der Waals surface area contributed by atoms with Crippen LogP contribution >= 0.6 is 0 Å². The van der Waals surface area contributed by atoms with E-state index >= 15 is 0 Å². The van der Waals surface area contributed by atoms with Crippen LogP contribution in [0.1, 0.15) is 81.1 Å². The maximum Gasteiger partial charge on any atom is 0.335 e. The van der Waals surface area contributed by atoms with E-state index in [9.17, 15) is 30.8 Å². The fourth-order valence-electron chi connectivity index (χ4n) is 6.68. The van der Waals surface area contributed by atoms with Crippen LogP contribution in [0.25, 0.3) is 0 Å². The third kappa shape index (κ3) is 14.3. The SMILES string of the molecule is CCCCOc1ccc(S(=O)(=O)Nc2ccccc2CCCc2cccc(C(=O)O)c2)cc1.Cc1ccc(F)cc1S(=O)(=O)Nc1ccccc1CCCc1cccc(C(=O)O)c1. The number of sulfonamides is 2. The molecule has 0 aromatic heterocycles. The smallest absolute Gasteiger partial charge is 0.335 e. The van der Waals surface area contributed by atoms with Gasteiger partial charge in [0.2, 0.25) is 0 Å². The number of nitrogens with one attached hydrogen (secondary N) is 2. The van der Waals surface area contributed by atoms with Crippen molar-refractivity contribution in [2.75, 3.05) is 16.1 Å². The molecule has 330 valence electrons. The Labute approximate surface area is 368 Å². The number of para-hydroxylation sites is 2. The second-order valence-corrected chi connectivity index (χ2v) is 18.2. The minimum Gasteiger partial charge on any atom is -0.494 e. The summed E-state index contributed by atoms with van der Waals surface area (Å²) in [5, 5.41) is 18.2. The van der Waals surface area contributed by atoms with Gasteiger partial charge in [-0.2, -0.15) is 0 Å². The number of carbonyl (C=O) groups is 2. The van der Waals surface area contributed by atoms with E-state index in [-0.39, 0.29) is 20.9 Å². The number of ether oxygens (including phenoxy) is 1. The summed E-state index contributed by atoms with van der Waals surface area (Å²) in [5.41, 5.74) is 5.49. The molecule has 14 heteroatoms. The molecular weight excluding hydrogens is 844 g/mol. The molecule has 0 aliphatic carbocycles. The van der Waals surface area contributed by atoms with Crippen molar-refractivity contribution in [1.29, 1.82) is 0 Å². The highest BCUT2D eigenvalue weighted by Gasteiger charge is 2.20. The van der Waals surface area contributed by atoms with Gasteiger partial charge in [0.15, 0.2) is 0 Å². The van der Waals surface area contributed by atoms with Gasteiger partial charge < -0.3 is 14.9 Å². The van der Waals surface area contributed by atoms with Crippen LogP contribution in [0, 0.1) is 12.7 Å². The number of carboxylic acids is 2. The molecule has 0 unspecified atom stereocenters. The maximum atomic E-state index is 13.6. The van der Waals surface area contributed by atoms with Crippen LogP contribution in [0.2, 0.25) is 0 Å². The fraction of sp³-hybridized carbons (Fsp3) is 0.224. The quantitative estimate of drug-likeness (QED) is 0.0543. The summed E-state index contributed by atoms with van der Waals surface area (Å²) in [7, 11) is -7.68. The molecule has 0 radical (unpaired) electrons. The molecule has 4 N–H and O–H groups in total. The molecule has 0 aliphatic rings. The number of unbranched alkanes of at least 4 members (excludes halogenated alkanes) is 1. The molecular formula is C49H51FN2O9S2. The van der Waals surface area contributed by atoms with Crippen LogP contribution in [0.4, 0.5) is 15.8 Å². The van der Waals surface area contributed by atoms with Crippen LogP contribution in [-0.2, 0) is 45.7 Å². The number of benzene rings is 6. The lowest BCUT2D eigenvalue weighted by molar-refractivity contribution is 0.0686. The lowest BCUT2D eigenvalue weighted by Gasteiger charge is -2.14. The van der Waals surface area contributed by atoms with Gasteiger partial charge in [-0.3, -0.25) is 9.44 Å². The third-order valence-corrected chi connectivity index (χ3v) is 12.9. The number of anilines is 2. The first-order valence-electron chi connectivity index (χ1n) is 20.5. The zero-order valence-electron chi connectivity index (χ0n) is 35.1. The topological polar surface area (TPSA) is 176 Å². The van der Waals surface area contributed by atoms with Gasteiger partial charge in [-0.25, -0.2) is 30.8 Å². The highest BCUT2D eigenvalue weighted by molar-refractivity contribution is 7.93. The molecule has 6 rings (SSSR count). The Morgan fingerprint density at radius 2 is 1.10 bits per heavy atom. The van der Waals surface area contributed by atoms with Crippen LogP contribution in [0.5, 0.6) is 5.75 Å². The first-order valence-corrected chi connectivity index (χ1v) is 23.5. The van der Waals surface area contributed by atoms with Crippen LogP contribution in [0.15, 0.2) is 149 Å². The molecule has 11 nitrogen and oxygen atoms in total. The summed E-state index contributed by atoms with van der Waals surface area (Å²) in [6.07, 6.45) is 6.05. The van der Waals surface area contributed by atoms with Crippen molar-refractivity contribution in [3.8, 4) is 5.75 Å². The van der Waals surface area contributed by atoms with Crippen molar-refractivity contribution < 1.29 is 45.8 Å². The average Bonchev–Trinajstić information content (AvgIpc) is 3.26. The molecule has 0 amide bonds. The van der Waals surface area contributed by atoms with Crippen molar-refractivity contribution in [3.05, 3.63) is 184 Å². The van der Waals surface area contributed by atoms with E-state index in [0.29, 0.717) is 61.4 Å². The number of aromatic carboxylic acids is 2. The van der Waals surface area contributed by atoms with Gasteiger partial charge in [0, 0.05) is 0 Å². The summed E-state index contributed by atoms with van der Waals surface area (Å²) in [4.78, 5) is 22.3. The minimum absolute atomic E-state index is 0.0946. The van der Waals surface area contributed by atoms with Crippen LogP contribution < -0.4 is 14.2 Å². The van der Waals surface area contributed by atoms with Gasteiger partial charge in [0.25, 0.3) is 20.0 Å². The van der Waals surface area contributed by atoms with Crippen molar-refractivity contribution >= 4 is 43.4 Å². The fourth-order valence-corrected chi connectivity index (χ4v) is 9.14. The number of carboxylic acid groups (broad SMARTS) is 2. The maximum absolute atomic E-state index is 13.6. The van der Waals surface area contributed by atoms with Gasteiger partial charge in [0.05, 0.1) is 38.9 Å². The number of hydrogen-bond acceptors (Lipinski definition) is 7. The second kappa shape index (κ2) is 22.5. The monoisotopic (exact) mass is 894 g/mol. The lowest BCUT2D eigenvalue weighted by atomic mass is 10.0. The summed E-state index contributed by atoms with van der Waals surface area (Å²) in [6.45, 7) is 4.30. The van der Waals surface area contributed by atoms with Gasteiger partial charge in [0.1, 0.15) is 11.6 Å². The Bertz CT molecular complexity index is 2720. The van der Waals surface area contributed by atoms with E-state index in [0.717, 1.165) is 47.6 Å². The van der Waals surface area contributed by atoms with E-state index in [1.807, 2.05) is 36.4 Å². The van der Waals surface area contributed by atoms with Gasteiger partial charge in [-0.15, -0.1) is 0 Å². The molecule has 0 bridgehead atoms. The average molecular weight is 895 g/mol. The van der Waals surface area contributed by atoms with Gasteiger partial charge in [-0.05, 0) is 152 Å². The zero-order chi connectivity index (χ0) is 45.4. The van der Waals surface area contributed by atoms with Crippen molar-refractivity contribution in [2.24, 2.45) is 0 Å². The molecule has 63 heavy (non-hydrogen) atoms. The summed E-state index contributed by atoms with van der Waals surface area (Å²) >= 11 is 0. The third-order valence-electron chi connectivity index (χ3n) is 10.0. The molecule has 0 spiro atoms. The largest absolute Gasteiger partial charge is 0.494 e. The van der Waals surface area contributed by atoms with Crippen molar-refractivity contribution in [2.45, 2.75) is 75.0 Å². The molecule has 6 aromatic rings. The predicted octanol–water partition coefficient (Wildman–Crippen LogP) is 10.3. The Balaban J connectivity index is 0.000000239. The van der Waals surface area contributed by atoms with E-state index in [2.05, 4.69) is 16.4 Å². The Morgan fingerprint density at radius 1 is 0.587 bits per heavy atom. The second-order valence-electron chi connectivity index (χ2n) is 14.8. The lowest BCUT2D eigenvalue weighted by Crippen LogP contribution is -2.15. The van der Waals surface area contributed by atoms with Crippen molar-refractivity contribution in [3.63, 3.8) is 0 Å². The Hall–Kier alpha value is -6.51. The van der Waals surface area contributed by atoms with Crippen LogP contribution in [-0.4, -0.2) is 45.6 Å². The number of aryl methyl sites for hydroxylation is 5. The van der Waals surface area contributed by atoms with Crippen molar-refractivity contribution in [1.82, 2.24) is 0 Å². The first kappa shape index (κ1) is 47.5. The summed E-state index contributed by atoms with van der Waals surface area (Å²) < 4.78 is 75.9. The van der Waals surface area contributed by atoms with E-state index in [4.69, 9.17) is 14.9 Å². The molecule has 6 aromatic carbocycles. The van der Waals surface area contributed by atoms with E-state index < -0.39 is 37.8 Å². The number of halogens is 1. The minimum atomic E-state index is -3.94. The number of rotatable bonds is 20. The standard InChI is InChI=1S/C26H29NO5S.C23H22FNO4S/c1-2-3-18-32-23-14-16-24(17-15-23)33(30,31)27-25-13-5-4-10-21(25)11-6-8-20-9-7-12-22(19-20)26(28)29;1-16-12-13-20(24)15-22(16)30(28,29)25-21-11-3-2-8-18(21)9-4-6-17-7-5-10-19(14-17)23(26)27/h4-5,7,9-10,12-17,19,27H,2-3,6,8,11,18H2,1H3,(H,28,29);2-3,5,7-8,10-15,25H,4,6,9H2,1H3,(H,26,27). The predicted molar refractivity (Wildman–Crippen MR) is 243 cm³/mol. The summed E-state index contributed by atoms with van der Waals surface area (Å²) in [6, 6.07) is 38.1. The molecule has 0 fully saturated rings. The zero-order valence-corrected chi connectivity index (χ0v) is 36.7. The highest BCUT2D eigenvalue weighted by Crippen LogP contribution is 2.26.